The predicted molar refractivity (Wildman–Crippen MR) is 162 cm³/mol. The number of anilines is 1. The van der Waals surface area contributed by atoms with Gasteiger partial charge in [0.25, 0.3) is 0 Å². The summed E-state index contributed by atoms with van der Waals surface area (Å²) in [5.74, 6) is 0.158. The average Bonchev–Trinajstić information content (AvgIpc) is 3.31. The first-order valence-corrected chi connectivity index (χ1v) is 13.9. The van der Waals surface area contributed by atoms with Crippen LogP contribution in [0.15, 0.2) is 66.9 Å². The van der Waals surface area contributed by atoms with Gasteiger partial charge in [0.2, 0.25) is 0 Å². The lowest BCUT2D eigenvalue weighted by Gasteiger charge is -2.23. The summed E-state index contributed by atoms with van der Waals surface area (Å²) in [4.78, 5) is 13.7. The minimum atomic E-state index is -0.926. The van der Waals surface area contributed by atoms with E-state index in [-0.39, 0.29) is 5.92 Å². The van der Waals surface area contributed by atoms with E-state index in [9.17, 15) is 9.90 Å². The van der Waals surface area contributed by atoms with Crippen molar-refractivity contribution in [1.29, 1.82) is 0 Å². The molecule has 4 aromatic rings. The van der Waals surface area contributed by atoms with Gasteiger partial charge in [-0.05, 0) is 79.3 Å². The summed E-state index contributed by atoms with van der Waals surface area (Å²) in [6.45, 7) is 10.7. The Balaban J connectivity index is 1.50. The number of aliphatic carboxylic acids is 1. The monoisotopic (exact) mass is 579 g/mol. The van der Waals surface area contributed by atoms with E-state index in [0.717, 1.165) is 39.4 Å². The first-order chi connectivity index (χ1) is 18.9. The van der Waals surface area contributed by atoms with Gasteiger partial charge in [0.15, 0.2) is 0 Å². The smallest absolute Gasteiger partial charge is 0.313 e. The molecule has 0 atom stereocenters. The van der Waals surface area contributed by atoms with E-state index in [1.165, 1.54) is 0 Å². The molecular formula is C32H35Cl2N3O3. The second-order valence-corrected chi connectivity index (χ2v) is 11.7. The minimum absolute atomic E-state index is 0.246. The number of hydrogen-bond donors (Lipinski definition) is 1. The number of hydrogen-bond acceptors (Lipinski definition) is 4. The highest BCUT2D eigenvalue weighted by molar-refractivity contribution is 6.37. The molecular weight excluding hydrogens is 545 g/mol. The molecule has 0 bridgehead atoms. The lowest BCUT2D eigenvalue weighted by Crippen LogP contribution is -2.28. The van der Waals surface area contributed by atoms with Crippen molar-refractivity contribution < 1.29 is 14.6 Å². The number of carboxylic acid groups (broad SMARTS) is 1. The molecule has 4 rings (SSSR count). The number of aromatic nitrogens is 2. The highest BCUT2D eigenvalue weighted by atomic mass is 35.5. The third-order valence-corrected chi connectivity index (χ3v) is 7.87. The maximum Gasteiger partial charge on any atom is 0.313 e. The van der Waals surface area contributed by atoms with E-state index in [2.05, 4.69) is 36.8 Å². The number of nitrogens with zero attached hydrogens (tertiary/aromatic N) is 3. The fraction of sp³-hybridized carbons (Fsp3) is 0.312. The topological polar surface area (TPSA) is 67.6 Å². The van der Waals surface area contributed by atoms with Crippen LogP contribution < -0.4 is 9.64 Å². The van der Waals surface area contributed by atoms with Gasteiger partial charge in [0.1, 0.15) is 18.0 Å². The molecule has 1 aromatic heterocycles. The number of halogens is 2. The zero-order valence-corrected chi connectivity index (χ0v) is 25.2. The van der Waals surface area contributed by atoms with E-state index in [4.69, 9.17) is 27.9 Å². The summed E-state index contributed by atoms with van der Waals surface area (Å²) in [5.41, 5.74) is 5.73. The van der Waals surface area contributed by atoms with E-state index in [0.29, 0.717) is 28.9 Å². The van der Waals surface area contributed by atoms with Gasteiger partial charge in [-0.1, -0.05) is 67.4 Å². The largest absolute Gasteiger partial charge is 0.487 e. The molecule has 40 heavy (non-hydrogen) atoms. The molecule has 0 saturated carbocycles. The average molecular weight is 581 g/mol. The van der Waals surface area contributed by atoms with Crippen LogP contribution in [0.4, 0.5) is 5.69 Å². The molecule has 0 unspecified atom stereocenters. The van der Waals surface area contributed by atoms with Gasteiger partial charge < -0.3 is 14.7 Å². The highest BCUT2D eigenvalue weighted by Crippen LogP contribution is 2.33. The van der Waals surface area contributed by atoms with Crippen LogP contribution in [0.1, 0.15) is 61.6 Å². The first-order valence-electron chi connectivity index (χ1n) is 13.2. The summed E-state index contributed by atoms with van der Waals surface area (Å²) in [5, 5.41) is 15.1. The summed E-state index contributed by atoms with van der Waals surface area (Å²) < 4.78 is 8.04. The fourth-order valence-electron chi connectivity index (χ4n) is 4.70. The summed E-state index contributed by atoms with van der Waals surface area (Å²) in [6, 6.07) is 19.2. The van der Waals surface area contributed by atoms with Crippen LogP contribution in [0.25, 0.3) is 5.69 Å². The molecule has 0 aliphatic carbocycles. The Bertz CT molecular complexity index is 1490. The van der Waals surface area contributed by atoms with E-state index in [1.54, 1.807) is 30.7 Å². The minimum Gasteiger partial charge on any atom is -0.487 e. The molecule has 8 heteroatoms. The molecule has 6 nitrogen and oxygen atoms in total. The van der Waals surface area contributed by atoms with Crippen molar-refractivity contribution in [3.05, 3.63) is 105 Å². The van der Waals surface area contributed by atoms with E-state index >= 15 is 0 Å². The second kappa shape index (κ2) is 11.9. The highest BCUT2D eigenvalue weighted by Gasteiger charge is 2.29. The number of rotatable bonds is 10. The van der Waals surface area contributed by atoms with Crippen molar-refractivity contribution in [3.63, 3.8) is 0 Å². The number of carboxylic acids is 1. The Kier molecular flexibility index (Phi) is 8.81. The molecule has 1 heterocycles. The summed E-state index contributed by atoms with van der Waals surface area (Å²) in [6.07, 6.45) is 1.85. The van der Waals surface area contributed by atoms with Crippen LogP contribution in [0.2, 0.25) is 10.0 Å². The molecule has 1 N–H and O–H groups in total. The number of para-hydroxylation sites is 1. The molecule has 0 aliphatic rings. The first kappa shape index (κ1) is 29.5. The molecule has 0 aliphatic heterocycles. The Labute approximate surface area is 246 Å². The Morgan fingerprint density at radius 3 is 2.30 bits per heavy atom. The lowest BCUT2D eigenvalue weighted by molar-refractivity contribution is -0.142. The van der Waals surface area contributed by atoms with Crippen molar-refractivity contribution in [2.45, 2.75) is 59.1 Å². The zero-order chi connectivity index (χ0) is 29.2. The van der Waals surface area contributed by atoms with Crippen molar-refractivity contribution in [2.75, 3.05) is 11.9 Å². The summed E-state index contributed by atoms with van der Waals surface area (Å²) in [7, 11) is 2.04. The van der Waals surface area contributed by atoms with E-state index in [1.807, 2.05) is 55.7 Å². The molecule has 0 fully saturated rings. The van der Waals surface area contributed by atoms with Gasteiger partial charge in [-0.2, -0.15) is 5.10 Å². The molecule has 210 valence electrons. The summed E-state index contributed by atoms with van der Waals surface area (Å²) >= 11 is 13.0. The number of carbonyl (C=O) groups is 1. The Morgan fingerprint density at radius 2 is 1.73 bits per heavy atom. The van der Waals surface area contributed by atoms with Crippen LogP contribution >= 0.6 is 23.2 Å². The van der Waals surface area contributed by atoms with Gasteiger partial charge in [-0.15, -0.1) is 0 Å². The Morgan fingerprint density at radius 1 is 1.07 bits per heavy atom. The van der Waals surface area contributed by atoms with Gasteiger partial charge >= 0.3 is 5.97 Å². The molecule has 0 amide bonds. The maximum atomic E-state index is 11.6. The van der Waals surface area contributed by atoms with Crippen LogP contribution in [-0.2, 0) is 23.4 Å². The van der Waals surface area contributed by atoms with E-state index < -0.39 is 11.4 Å². The van der Waals surface area contributed by atoms with Gasteiger partial charge in [-0.3, -0.25) is 4.79 Å². The molecule has 0 saturated heterocycles. The van der Waals surface area contributed by atoms with Crippen molar-refractivity contribution in [2.24, 2.45) is 0 Å². The van der Waals surface area contributed by atoms with Crippen molar-refractivity contribution in [3.8, 4) is 11.4 Å². The van der Waals surface area contributed by atoms with Gasteiger partial charge in [0, 0.05) is 19.3 Å². The molecule has 3 aromatic carbocycles. The second-order valence-electron chi connectivity index (χ2n) is 10.9. The maximum absolute atomic E-state index is 11.6. The van der Waals surface area contributed by atoms with Crippen LogP contribution in [0, 0.1) is 6.92 Å². The molecule has 0 spiro atoms. The van der Waals surface area contributed by atoms with Crippen LogP contribution in [0.3, 0.4) is 0 Å². The van der Waals surface area contributed by atoms with Crippen LogP contribution in [0.5, 0.6) is 5.75 Å². The van der Waals surface area contributed by atoms with Gasteiger partial charge in [0.05, 0.1) is 27.4 Å². The number of ether oxygens (including phenoxy) is 1. The standard InChI is InChI=1S/C32H35Cl2N3O3/c1-20(2)25-17-35-37(30-26(33)8-7-9-27(30)34)29(25)19-40-24-14-15-28(21(3)16-24)36(6)18-22-10-12-23(13-11-22)32(4,5)31(38)39/h7-17,20H,18-19H2,1-6H3,(H,38,39). The normalized spacial score (nSPS) is 11.6. The number of aryl methyl sites for hydroxylation is 1. The van der Waals surface area contributed by atoms with Gasteiger partial charge in [-0.25, -0.2) is 4.68 Å². The third-order valence-electron chi connectivity index (χ3n) is 7.26. The van der Waals surface area contributed by atoms with Crippen molar-refractivity contribution in [1.82, 2.24) is 9.78 Å². The molecule has 0 radical (unpaired) electrons. The SMILES string of the molecule is Cc1cc(OCc2c(C(C)C)cnn2-c2c(Cl)cccc2Cl)ccc1N(C)Cc1ccc(C(C)(C)C(=O)O)cc1. The Hall–Kier alpha value is -3.48. The van der Waals surface area contributed by atoms with Crippen LogP contribution in [-0.4, -0.2) is 27.9 Å². The van der Waals surface area contributed by atoms with Crippen molar-refractivity contribution >= 4 is 34.9 Å². The lowest BCUT2D eigenvalue weighted by atomic mass is 9.84. The predicted octanol–water partition coefficient (Wildman–Crippen LogP) is 8.19. The quantitative estimate of drug-likeness (QED) is 0.205. The zero-order valence-electron chi connectivity index (χ0n) is 23.7. The third kappa shape index (κ3) is 6.13. The fourth-order valence-corrected chi connectivity index (χ4v) is 5.26. The number of benzene rings is 3.